The number of halogens is 1. The summed E-state index contributed by atoms with van der Waals surface area (Å²) in [6.45, 7) is 0.826. The Labute approximate surface area is 173 Å². The standard InChI is InChI=1S/C20H23BrN2O4S/c21-16-3-1-4-18(13-16)27-12-2-5-20(24)22-14-15-6-10-19(11-7-15)28(25,26)23-17-8-9-17/h1,3-4,6-7,10-11,13,17,23H,2,5,8-9,12,14H2,(H,22,24). The van der Waals surface area contributed by atoms with E-state index in [1.807, 2.05) is 24.3 Å². The van der Waals surface area contributed by atoms with Crippen LogP contribution in [0.1, 0.15) is 31.2 Å². The van der Waals surface area contributed by atoms with Crippen LogP contribution in [0.15, 0.2) is 57.9 Å². The fourth-order valence-electron chi connectivity index (χ4n) is 2.54. The van der Waals surface area contributed by atoms with Crippen LogP contribution in [-0.4, -0.2) is 27.0 Å². The zero-order chi connectivity index (χ0) is 20.0. The van der Waals surface area contributed by atoms with Gasteiger partial charge in [-0.3, -0.25) is 4.79 Å². The SMILES string of the molecule is O=C(CCCOc1cccc(Br)c1)NCc1ccc(S(=O)(=O)NC2CC2)cc1. The maximum absolute atomic E-state index is 12.1. The number of sulfonamides is 1. The first kappa shape index (κ1) is 20.8. The Morgan fingerprint density at radius 2 is 1.89 bits per heavy atom. The van der Waals surface area contributed by atoms with Gasteiger partial charge in [0, 0.05) is 23.5 Å². The normalized spacial score (nSPS) is 13.9. The molecule has 0 spiro atoms. The number of carbonyl (C=O) groups is 1. The molecule has 2 N–H and O–H groups in total. The molecule has 1 aliphatic carbocycles. The van der Waals surface area contributed by atoms with Crippen molar-refractivity contribution in [1.29, 1.82) is 0 Å². The van der Waals surface area contributed by atoms with Crippen LogP contribution in [-0.2, 0) is 21.4 Å². The summed E-state index contributed by atoms with van der Waals surface area (Å²) in [6, 6.07) is 14.2. The van der Waals surface area contributed by atoms with Crippen molar-refractivity contribution < 1.29 is 17.9 Å². The molecule has 0 aliphatic heterocycles. The third-order valence-corrected chi connectivity index (χ3v) is 6.27. The van der Waals surface area contributed by atoms with Crippen molar-refractivity contribution >= 4 is 31.9 Å². The number of ether oxygens (including phenoxy) is 1. The Balaban J connectivity index is 1.37. The lowest BCUT2D eigenvalue weighted by molar-refractivity contribution is -0.121. The minimum Gasteiger partial charge on any atom is -0.494 e. The summed E-state index contributed by atoms with van der Waals surface area (Å²) in [4.78, 5) is 12.2. The summed E-state index contributed by atoms with van der Waals surface area (Å²) in [6.07, 6.45) is 2.78. The Kier molecular flexibility index (Phi) is 7.09. The summed E-state index contributed by atoms with van der Waals surface area (Å²) < 4.78 is 33.5. The fourth-order valence-corrected chi connectivity index (χ4v) is 4.23. The van der Waals surface area contributed by atoms with Crippen molar-refractivity contribution in [3.63, 3.8) is 0 Å². The first-order valence-corrected chi connectivity index (χ1v) is 11.5. The number of hydrogen-bond acceptors (Lipinski definition) is 4. The first-order chi connectivity index (χ1) is 13.4. The maximum Gasteiger partial charge on any atom is 0.240 e. The second-order valence-electron chi connectivity index (χ2n) is 6.73. The van der Waals surface area contributed by atoms with Gasteiger partial charge in [0.25, 0.3) is 0 Å². The van der Waals surface area contributed by atoms with Crippen molar-refractivity contribution in [3.8, 4) is 5.75 Å². The van der Waals surface area contributed by atoms with E-state index in [9.17, 15) is 13.2 Å². The molecule has 0 unspecified atom stereocenters. The lowest BCUT2D eigenvalue weighted by Gasteiger charge is -2.09. The van der Waals surface area contributed by atoms with Gasteiger partial charge in [-0.15, -0.1) is 0 Å². The lowest BCUT2D eigenvalue weighted by Crippen LogP contribution is -2.26. The van der Waals surface area contributed by atoms with E-state index in [1.165, 1.54) is 0 Å². The molecule has 8 heteroatoms. The maximum atomic E-state index is 12.1. The van der Waals surface area contributed by atoms with Crippen LogP contribution in [0, 0.1) is 0 Å². The number of nitrogens with one attached hydrogen (secondary N) is 2. The summed E-state index contributed by atoms with van der Waals surface area (Å²) in [5.41, 5.74) is 0.851. The molecule has 6 nitrogen and oxygen atoms in total. The topological polar surface area (TPSA) is 84.5 Å². The Morgan fingerprint density at radius 1 is 1.14 bits per heavy atom. The van der Waals surface area contributed by atoms with Gasteiger partial charge >= 0.3 is 0 Å². The molecule has 0 radical (unpaired) electrons. The van der Waals surface area contributed by atoms with Gasteiger partial charge in [0.2, 0.25) is 15.9 Å². The van der Waals surface area contributed by atoms with Crippen molar-refractivity contribution in [1.82, 2.24) is 10.0 Å². The zero-order valence-electron chi connectivity index (χ0n) is 15.4. The van der Waals surface area contributed by atoms with Crippen LogP contribution in [0.3, 0.4) is 0 Å². The number of rotatable bonds is 10. The van der Waals surface area contributed by atoms with Crippen LogP contribution < -0.4 is 14.8 Å². The predicted octanol–water partition coefficient (Wildman–Crippen LogP) is 3.37. The highest BCUT2D eigenvalue weighted by molar-refractivity contribution is 9.10. The average molecular weight is 467 g/mol. The van der Waals surface area contributed by atoms with Gasteiger partial charge in [0.15, 0.2) is 0 Å². The van der Waals surface area contributed by atoms with Gasteiger partial charge in [-0.1, -0.05) is 34.1 Å². The number of hydrogen-bond donors (Lipinski definition) is 2. The molecule has 28 heavy (non-hydrogen) atoms. The molecule has 150 valence electrons. The van der Waals surface area contributed by atoms with Gasteiger partial charge in [-0.2, -0.15) is 0 Å². The molecule has 3 rings (SSSR count). The Bertz CT molecular complexity index is 912. The molecule has 0 atom stereocenters. The van der Waals surface area contributed by atoms with E-state index < -0.39 is 10.0 Å². The molecule has 1 fully saturated rings. The van der Waals surface area contributed by atoms with Gasteiger partial charge in [-0.05, 0) is 55.2 Å². The van der Waals surface area contributed by atoms with Crippen LogP contribution in [0.4, 0.5) is 0 Å². The highest BCUT2D eigenvalue weighted by atomic mass is 79.9. The average Bonchev–Trinajstić information content (AvgIpc) is 3.47. The smallest absolute Gasteiger partial charge is 0.240 e. The summed E-state index contributed by atoms with van der Waals surface area (Å²) in [5, 5.41) is 2.84. The molecule has 0 saturated heterocycles. The van der Waals surface area contributed by atoms with Gasteiger partial charge in [0.05, 0.1) is 11.5 Å². The van der Waals surface area contributed by atoms with Crippen molar-refractivity contribution in [3.05, 3.63) is 58.6 Å². The fraction of sp³-hybridized carbons (Fsp3) is 0.350. The molecule has 2 aromatic carbocycles. The summed E-state index contributed by atoms with van der Waals surface area (Å²) >= 11 is 3.38. The van der Waals surface area contributed by atoms with Gasteiger partial charge in [0.1, 0.15) is 5.75 Å². The Hall–Kier alpha value is -1.90. The Morgan fingerprint density at radius 3 is 2.57 bits per heavy atom. The minimum absolute atomic E-state index is 0.0649. The summed E-state index contributed by atoms with van der Waals surface area (Å²) in [5.74, 6) is 0.700. The first-order valence-electron chi connectivity index (χ1n) is 9.19. The van der Waals surface area contributed by atoms with E-state index in [1.54, 1.807) is 24.3 Å². The van der Waals surface area contributed by atoms with E-state index in [0.29, 0.717) is 26.0 Å². The lowest BCUT2D eigenvalue weighted by atomic mass is 10.2. The molecule has 0 heterocycles. The largest absolute Gasteiger partial charge is 0.494 e. The second kappa shape index (κ2) is 9.54. The zero-order valence-corrected chi connectivity index (χ0v) is 17.8. The third kappa shape index (κ3) is 6.61. The number of amides is 1. The molecular weight excluding hydrogens is 444 g/mol. The predicted molar refractivity (Wildman–Crippen MR) is 111 cm³/mol. The van der Waals surface area contributed by atoms with E-state index in [0.717, 1.165) is 28.6 Å². The molecule has 0 bridgehead atoms. The van der Waals surface area contributed by atoms with Gasteiger partial charge < -0.3 is 10.1 Å². The monoisotopic (exact) mass is 466 g/mol. The molecule has 1 aliphatic rings. The highest BCUT2D eigenvalue weighted by Crippen LogP contribution is 2.22. The number of carbonyl (C=O) groups excluding carboxylic acids is 1. The number of benzene rings is 2. The quantitative estimate of drug-likeness (QED) is 0.525. The second-order valence-corrected chi connectivity index (χ2v) is 9.36. The highest BCUT2D eigenvalue weighted by Gasteiger charge is 2.27. The van der Waals surface area contributed by atoms with E-state index in [-0.39, 0.29) is 16.8 Å². The van der Waals surface area contributed by atoms with Crippen LogP contribution in [0.5, 0.6) is 5.75 Å². The van der Waals surface area contributed by atoms with E-state index in [4.69, 9.17) is 4.74 Å². The van der Waals surface area contributed by atoms with E-state index >= 15 is 0 Å². The van der Waals surface area contributed by atoms with Crippen molar-refractivity contribution in [2.24, 2.45) is 0 Å². The molecule has 0 aromatic heterocycles. The molecule has 1 amide bonds. The van der Waals surface area contributed by atoms with E-state index in [2.05, 4.69) is 26.0 Å². The molecule has 2 aromatic rings. The minimum atomic E-state index is -3.44. The molecule has 1 saturated carbocycles. The molecular formula is C20H23BrN2O4S. The summed E-state index contributed by atoms with van der Waals surface area (Å²) in [7, 11) is -3.44. The van der Waals surface area contributed by atoms with Crippen molar-refractivity contribution in [2.45, 2.75) is 43.2 Å². The van der Waals surface area contributed by atoms with Crippen LogP contribution in [0.2, 0.25) is 0 Å². The van der Waals surface area contributed by atoms with Crippen LogP contribution >= 0.6 is 15.9 Å². The van der Waals surface area contributed by atoms with Crippen molar-refractivity contribution in [2.75, 3.05) is 6.61 Å². The third-order valence-electron chi connectivity index (χ3n) is 4.24. The van der Waals surface area contributed by atoms with Crippen LogP contribution in [0.25, 0.3) is 0 Å². The van der Waals surface area contributed by atoms with Gasteiger partial charge in [-0.25, -0.2) is 13.1 Å².